The molecule has 0 radical (unpaired) electrons. The molecule has 0 saturated heterocycles. The summed E-state index contributed by atoms with van der Waals surface area (Å²) in [6.07, 6.45) is 0. The monoisotopic (exact) mass is 259 g/mol. The van der Waals surface area contributed by atoms with Crippen molar-refractivity contribution in [2.45, 2.75) is 46.6 Å². The number of hydrogen-bond donors (Lipinski definition) is 0. The largest absolute Gasteiger partial charge is 0.460 e. The Bertz CT molecular complexity index is 487. The molecule has 102 valence electrons. The molecule has 0 bridgehead atoms. The smallest absolute Gasteiger partial charge is 0.311 e. The van der Waals surface area contributed by atoms with Crippen molar-refractivity contribution >= 4 is 5.97 Å². The molecule has 0 fully saturated rings. The lowest BCUT2D eigenvalue weighted by atomic mass is 9.86. The van der Waals surface area contributed by atoms with Gasteiger partial charge in [0, 0.05) is 0 Å². The summed E-state index contributed by atoms with van der Waals surface area (Å²) in [5, 5.41) is 9.06. The summed E-state index contributed by atoms with van der Waals surface area (Å²) in [7, 11) is 0. The van der Waals surface area contributed by atoms with Crippen LogP contribution in [0.15, 0.2) is 24.3 Å². The molecule has 3 heteroatoms. The van der Waals surface area contributed by atoms with Gasteiger partial charge in [-0.15, -0.1) is 0 Å². The average Bonchev–Trinajstić information content (AvgIpc) is 2.35. The summed E-state index contributed by atoms with van der Waals surface area (Å²) in [5.74, 6) is -0.214. The number of nitriles is 1. The maximum absolute atomic E-state index is 11.6. The first-order valence-corrected chi connectivity index (χ1v) is 6.35. The topological polar surface area (TPSA) is 50.1 Å². The van der Waals surface area contributed by atoms with Crippen molar-refractivity contribution in [3.05, 3.63) is 35.4 Å². The zero-order valence-electron chi connectivity index (χ0n) is 12.3. The van der Waals surface area contributed by atoms with Gasteiger partial charge in [-0.2, -0.15) is 5.26 Å². The molecular formula is C16H21NO2. The van der Waals surface area contributed by atoms with Crippen LogP contribution in [0.3, 0.4) is 0 Å². The second kappa shape index (κ2) is 5.44. The van der Waals surface area contributed by atoms with Gasteiger partial charge in [-0.3, -0.25) is 4.79 Å². The zero-order chi connectivity index (χ0) is 14.7. The van der Waals surface area contributed by atoms with Gasteiger partial charge < -0.3 is 4.74 Å². The molecule has 0 aliphatic rings. The van der Waals surface area contributed by atoms with Crippen LogP contribution < -0.4 is 0 Å². The van der Waals surface area contributed by atoms with Gasteiger partial charge >= 0.3 is 5.97 Å². The van der Waals surface area contributed by atoms with Crippen molar-refractivity contribution in [2.24, 2.45) is 5.41 Å². The van der Waals surface area contributed by atoms with Gasteiger partial charge in [0.25, 0.3) is 0 Å². The first-order valence-electron chi connectivity index (χ1n) is 6.35. The molecule has 0 unspecified atom stereocenters. The molecule has 0 amide bonds. The van der Waals surface area contributed by atoms with Crippen molar-refractivity contribution < 1.29 is 9.53 Å². The lowest BCUT2D eigenvalue weighted by molar-refractivity contribution is -0.154. The van der Waals surface area contributed by atoms with Gasteiger partial charge in [-0.25, -0.2) is 0 Å². The first-order chi connectivity index (χ1) is 8.66. The van der Waals surface area contributed by atoms with Crippen molar-refractivity contribution in [3.63, 3.8) is 0 Å². The van der Waals surface area contributed by atoms with Crippen LogP contribution in [0, 0.1) is 16.7 Å². The summed E-state index contributed by atoms with van der Waals surface area (Å²) < 4.78 is 5.24. The normalized spacial score (nSPS) is 11.8. The number of ether oxygens (including phenoxy) is 1. The molecule has 1 aromatic rings. The zero-order valence-corrected chi connectivity index (χ0v) is 12.3. The van der Waals surface area contributed by atoms with E-state index in [0.717, 1.165) is 11.1 Å². The summed E-state index contributed by atoms with van der Waals surface area (Å²) >= 11 is 0. The molecular weight excluding hydrogens is 238 g/mol. The average molecular weight is 259 g/mol. The molecule has 19 heavy (non-hydrogen) atoms. The molecule has 1 aromatic carbocycles. The van der Waals surface area contributed by atoms with Crippen molar-refractivity contribution in [1.29, 1.82) is 5.26 Å². The van der Waals surface area contributed by atoms with Crippen LogP contribution in [-0.2, 0) is 21.6 Å². The van der Waals surface area contributed by atoms with Crippen LogP contribution >= 0.6 is 0 Å². The second-order valence-electron chi connectivity index (χ2n) is 6.26. The van der Waals surface area contributed by atoms with E-state index in [-0.39, 0.29) is 12.6 Å². The molecule has 3 nitrogen and oxygen atoms in total. The number of esters is 1. The first kappa shape index (κ1) is 15.2. The third-order valence-electron chi connectivity index (χ3n) is 2.94. The summed E-state index contributed by atoms with van der Waals surface area (Å²) in [5.41, 5.74) is 0.902. The van der Waals surface area contributed by atoms with Crippen LogP contribution in [0.4, 0.5) is 0 Å². The van der Waals surface area contributed by atoms with Gasteiger partial charge in [0.05, 0.1) is 16.9 Å². The number of rotatable bonds is 3. The number of hydrogen-bond acceptors (Lipinski definition) is 3. The van der Waals surface area contributed by atoms with E-state index in [0.29, 0.717) is 0 Å². The highest BCUT2D eigenvalue weighted by molar-refractivity contribution is 5.75. The van der Waals surface area contributed by atoms with Crippen molar-refractivity contribution in [1.82, 2.24) is 0 Å². The van der Waals surface area contributed by atoms with E-state index in [1.807, 2.05) is 58.9 Å². The van der Waals surface area contributed by atoms with E-state index in [1.165, 1.54) is 0 Å². The Morgan fingerprint density at radius 3 is 2.11 bits per heavy atom. The Kier molecular flexibility index (Phi) is 4.36. The maximum atomic E-state index is 11.6. The number of benzene rings is 1. The molecule has 0 saturated carbocycles. The van der Waals surface area contributed by atoms with Crippen LogP contribution in [0.5, 0.6) is 0 Å². The Hall–Kier alpha value is -1.82. The Morgan fingerprint density at radius 1 is 1.16 bits per heavy atom. The van der Waals surface area contributed by atoms with Gasteiger partial charge in [-0.1, -0.05) is 24.3 Å². The highest BCUT2D eigenvalue weighted by atomic mass is 16.5. The van der Waals surface area contributed by atoms with E-state index >= 15 is 0 Å². The molecule has 0 aliphatic carbocycles. The van der Waals surface area contributed by atoms with E-state index in [2.05, 4.69) is 6.07 Å². The third-order valence-corrected chi connectivity index (χ3v) is 2.94. The van der Waals surface area contributed by atoms with Crippen LogP contribution in [0.1, 0.15) is 45.7 Å². The van der Waals surface area contributed by atoms with Crippen molar-refractivity contribution in [2.75, 3.05) is 0 Å². The molecule has 0 aromatic heterocycles. The third kappa shape index (κ3) is 4.10. The maximum Gasteiger partial charge on any atom is 0.311 e. The standard InChI is InChI=1S/C16H21NO2/c1-15(2,3)14(18)19-10-12-6-8-13(9-7-12)16(4,5)11-17/h6-9H,10H2,1-5H3. The Balaban J connectivity index is 2.69. The fourth-order valence-electron chi connectivity index (χ4n) is 1.45. The number of nitrogens with zero attached hydrogens (tertiary/aromatic N) is 1. The van der Waals surface area contributed by atoms with E-state index in [4.69, 9.17) is 10.00 Å². The lowest BCUT2D eigenvalue weighted by Gasteiger charge is -2.18. The van der Waals surface area contributed by atoms with E-state index < -0.39 is 10.8 Å². The SMILES string of the molecule is CC(C)(C)C(=O)OCc1ccc(C(C)(C)C#N)cc1. The number of carbonyl (C=O) groups excluding carboxylic acids is 1. The summed E-state index contributed by atoms with van der Waals surface area (Å²) in [6, 6.07) is 9.86. The van der Waals surface area contributed by atoms with Gasteiger partial charge in [0.2, 0.25) is 0 Å². The minimum absolute atomic E-state index is 0.214. The summed E-state index contributed by atoms with van der Waals surface area (Å²) in [6.45, 7) is 9.50. The van der Waals surface area contributed by atoms with Crippen LogP contribution in [0.25, 0.3) is 0 Å². The molecule has 0 aliphatic heterocycles. The lowest BCUT2D eigenvalue weighted by Crippen LogP contribution is -2.22. The molecule has 0 N–H and O–H groups in total. The molecule has 0 heterocycles. The minimum Gasteiger partial charge on any atom is -0.460 e. The Morgan fingerprint density at radius 2 is 1.68 bits per heavy atom. The minimum atomic E-state index is -0.499. The molecule has 0 spiro atoms. The quantitative estimate of drug-likeness (QED) is 0.780. The van der Waals surface area contributed by atoms with Gasteiger partial charge in [0.1, 0.15) is 6.61 Å². The second-order valence-corrected chi connectivity index (χ2v) is 6.26. The highest BCUT2D eigenvalue weighted by Crippen LogP contribution is 2.23. The van der Waals surface area contributed by atoms with Crippen LogP contribution in [0.2, 0.25) is 0 Å². The fourth-order valence-corrected chi connectivity index (χ4v) is 1.45. The summed E-state index contributed by atoms with van der Waals surface area (Å²) in [4.78, 5) is 11.6. The highest BCUT2D eigenvalue weighted by Gasteiger charge is 2.23. The van der Waals surface area contributed by atoms with E-state index in [1.54, 1.807) is 0 Å². The van der Waals surface area contributed by atoms with Gasteiger partial charge in [0.15, 0.2) is 0 Å². The van der Waals surface area contributed by atoms with Gasteiger partial charge in [-0.05, 0) is 45.7 Å². The number of carbonyl (C=O) groups is 1. The fraction of sp³-hybridized carbons (Fsp3) is 0.500. The predicted octanol–water partition coefficient (Wildman–Crippen LogP) is 3.58. The molecule has 1 rings (SSSR count). The molecule has 0 atom stereocenters. The Labute approximate surface area is 115 Å². The predicted molar refractivity (Wildman–Crippen MR) is 74.3 cm³/mol. The van der Waals surface area contributed by atoms with Crippen LogP contribution in [-0.4, -0.2) is 5.97 Å². The van der Waals surface area contributed by atoms with Crippen molar-refractivity contribution in [3.8, 4) is 6.07 Å². The van der Waals surface area contributed by atoms with E-state index in [9.17, 15) is 4.79 Å².